The third-order valence-electron chi connectivity index (χ3n) is 2.57. The highest BCUT2D eigenvalue weighted by molar-refractivity contribution is 5.92. The normalized spacial score (nSPS) is 10.0. The minimum absolute atomic E-state index is 0.157. The van der Waals surface area contributed by atoms with Gasteiger partial charge in [0.25, 0.3) is 0 Å². The number of benzene rings is 1. The van der Waals surface area contributed by atoms with E-state index in [0.717, 1.165) is 0 Å². The Hall–Kier alpha value is -2.90. The molecule has 21 heavy (non-hydrogen) atoms. The summed E-state index contributed by atoms with van der Waals surface area (Å²) >= 11 is 0. The molecule has 110 valence electrons. The molecule has 0 aliphatic heterocycles. The van der Waals surface area contributed by atoms with Crippen LogP contribution in [0, 0.1) is 0 Å². The van der Waals surface area contributed by atoms with Crippen molar-refractivity contribution < 1.29 is 9.53 Å². The van der Waals surface area contributed by atoms with E-state index in [-0.39, 0.29) is 6.01 Å². The largest absolute Gasteiger partial charge is 0.424 e. The Morgan fingerprint density at radius 1 is 1.19 bits per heavy atom. The van der Waals surface area contributed by atoms with E-state index in [1.165, 1.54) is 0 Å². The number of hydrogen-bond donors (Lipinski definition) is 2. The van der Waals surface area contributed by atoms with Crippen LogP contribution in [0.1, 0.15) is 10.4 Å². The zero-order valence-corrected chi connectivity index (χ0v) is 12.0. The molecule has 0 bridgehead atoms. The topological polar surface area (TPSA) is 106 Å². The van der Waals surface area contributed by atoms with Crippen LogP contribution in [-0.2, 0) is 0 Å². The molecule has 1 amide bonds. The third kappa shape index (κ3) is 3.56. The molecule has 1 heterocycles. The first-order chi connectivity index (χ1) is 9.99. The number of nitrogens with two attached hydrogens (primary N) is 1. The molecular formula is C13H16N6O2. The van der Waals surface area contributed by atoms with E-state index in [2.05, 4.69) is 20.3 Å². The van der Waals surface area contributed by atoms with Gasteiger partial charge in [0, 0.05) is 26.7 Å². The predicted molar refractivity (Wildman–Crippen MR) is 78.7 cm³/mol. The van der Waals surface area contributed by atoms with E-state index in [1.54, 1.807) is 36.2 Å². The van der Waals surface area contributed by atoms with Crippen molar-refractivity contribution >= 4 is 17.8 Å². The second-order valence-electron chi connectivity index (χ2n) is 4.38. The Morgan fingerprint density at radius 2 is 1.86 bits per heavy atom. The van der Waals surface area contributed by atoms with Crippen LogP contribution in [0.5, 0.6) is 11.8 Å². The molecule has 0 atom stereocenters. The standard InChI is InChI=1S/C13H16N6O2/c1-15-11-16-12(19(2)3)18-13(17-11)21-9-6-4-8(5-7-9)10(14)20/h4-7H,1-3H3,(H2,14,20)(H,15,16,17,18). The van der Waals surface area contributed by atoms with Crippen LogP contribution >= 0.6 is 0 Å². The smallest absolute Gasteiger partial charge is 0.328 e. The molecule has 0 fully saturated rings. The summed E-state index contributed by atoms with van der Waals surface area (Å²) in [6.07, 6.45) is 0. The minimum Gasteiger partial charge on any atom is -0.424 e. The number of hydrogen-bond acceptors (Lipinski definition) is 7. The lowest BCUT2D eigenvalue weighted by molar-refractivity contribution is 0.100. The van der Waals surface area contributed by atoms with Crippen LogP contribution in [-0.4, -0.2) is 42.0 Å². The maximum atomic E-state index is 11.0. The molecule has 2 aromatic rings. The third-order valence-corrected chi connectivity index (χ3v) is 2.57. The number of anilines is 2. The molecule has 0 spiro atoms. The van der Waals surface area contributed by atoms with Gasteiger partial charge < -0.3 is 20.7 Å². The summed E-state index contributed by atoms with van der Waals surface area (Å²) in [5.74, 6) is 0.877. The highest BCUT2D eigenvalue weighted by Crippen LogP contribution is 2.20. The molecule has 1 aromatic heterocycles. The second kappa shape index (κ2) is 6.04. The fourth-order valence-corrected chi connectivity index (χ4v) is 1.50. The van der Waals surface area contributed by atoms with Crippen molar-refractivity contribution in [3.05, 3.63) is 29.8 Å². The molecular weight excluding hydrogens is 272 g/mol. The average Bonchev–Trinajstić information content (AvgIpc) is 2.47. The van der Waals surface area contributed by atoms with Gasteiger partial charge in [-0.15, -0.1) is 0 Å². The van der Waals surface area contributed by atoms with Gasteiger partial charge in [-0.05, 0) is 24.3 Å². The van der Waals surface area contributed by atoms with Gasteiger partial charge in [0.1, 0.15) is 5.75 Å². The summed E-state index contributed by atoms with van der Waals surface area (Å²) in [5.41, 5.74) is 5.59. The number of aromatic nitrogens is 3. The molecule has 3 N–H and O–H groups in total. The van der Waals surface area contributed by atoms with Crippen molar-refractivity contribution in [3.8, 4) is 11.8 Å². The van der Waals surface area contributed by atoms with E-state index in [1.807, 2.05) is 14.1 Å². The molecule has 2 rings (SSSR count). The average molecular weight is 288 g/mol. The summed E-state index contributed by atoms with van der Waals surface area (Å²) in [6, 6.07) is 6.55. The fourth-order valence-electron chi connectivity index (χ4n) is 1.50. The number of nitrogens with zero attached hydrogens (tertiary/aromatic N) is 4. The van der Waals surface area contributed by atoms with E-state index in [9.17, 15) is 4.79 Å². The van der Waals surface area contributed by atoms with E-state index in [0.29, 0.717) is 23.2 Å². The van der Waals surface area contributed by atoms with Crippen molar-refractivity contribution in [3.63, 3.8) is 0 Å². The Labute approximate surface area is 122 Å². The lowest BCUT2D eigenvalue weighted by Gasteiger charge is -2.12. The maximum absolute atomic E-state index is 11.0. The van der Waals surface area contributed by atoms with E-state index < -0.39 is 5.91 Å². The monoisotopic (exact) mass is 288 g/mol. The van der Waals surface area contributed by atoms with Gasteiger partial charge >= 0.3 is 6.01 Å². The van der Waals surface area contributed by atoms with Crippen LogP contribution in [0.3, 0.4) is 0 Å². The summed E-state index contributed by atoms with van der Waals surface area (Å²) in [7, 11) is 5.35. The molecule has 0 saturated carbocycles. The first kappa shape index (κ1) is 14.5. The summed E-state index contributed by atoms with van der Waals surface area (Å²) in [6.45, 7) is 0. The lowest BCUT2D eigenvalue weighted by atomic mass is 10.2. The van der Waals surface area contributed by atoms with Crippen molar-refractivity contribution in [2.75, 3.05) is 31.4 Å². The molecule has 0 radical (unpaired) electrons. The lowest BCUT2D eigenvalue weighted by Crippen LogP contribution is -2.15. The first-order valence-electron chi connectivity index (χ1n) is 6.18. The molecule has 0 unspecified atom stereocenters. The molecule has 0 saturated heterocycles. The van der Waals surface area contributed by atoms with Crippen LogP contribution < -0.4 is 20.7 Å². The van der Waals surface area contributed by atoms with Crippen molar-refractivity contribution in [1.29, 1.82) is 0 Å². The second-order valence-corrected chi connectivity index (χ2v) is 4.38. The van der Waals surface area contributed by atoms with Gasteiger partial charge in [-0.3, -0.25) is 4.79 Å². The maximum Gasteiger partial charge on any atom is 0.328 e. The van der Waals surface area contributed by atoms with Crippen molar-refractivity contribution in [2.45, 2.75) is 0 Å². The van der Waals surface area contributed by atoms with Gasteiger partial charge in [0.15, 0.2) is 0 Å². The summed E-state index contributed by atoms with van der Waals surface area (Å²) in [5, 5.41) is 2.84. The van der Waals surface area contributed by atoms with Crippen molar-refractivity contribution in [2.24, 2.45) is 5.73 Å². The molecule has 8 heteroatoms. The molecule has 1 aromatic carbocycles. The van der Waals surface area contributed by atoms with E-state index in [4.69, 9.17) is 10.5 Å². The predicted octanol–water partition coefficient (Wildman–Crippen LogP) is 0.870. The summed E-state index contributed by atoms with van der Waals surface area (Å²) < 4.78 is 5.57. The zero-order valence-electron chi connectivity index (χ0n) is 12.0. The highest BCUT2D eigenvalue weighted by Gasteiger charge is 2.09. The Morgan fingerprint density at radius 3 is 2.38 bits per heavy atom. The summed E-state index contributed by atoms with van der Waals surface area (Å²) in [4.78, 5) is 25.2. The number of carbonyl (C=O) groups is 1. The Bertz CT molecular complexity index is 642. The molecule has 0 aliphatic rings. The molecule has 0 aliphatic carbocycles. The number of amides is 1. The van der Waals surface area contributed by atoms with E-state index >= 15 is 0 Å². The SMILES string of the molecule is CNc1nc(Oc2ccc(C(N)=O)cc2)nc(N(C)C)n1. The first-order valence-corrected chi connectivity index (χ1v) is 6.18. The van der Waals surface area contributed by atoms with Gasteiger partial charge in [0.05, 0.1) is 0 Å². The van der Waals surface area contributed by atoms with Crippen LogP contribution in [0.15, 0.2) is 24.3 Å². The van der Waals surface area contributed by atoms with Crippen molar-refractivity contribution in [1.82, 2.24) is 15.0 Å². The molecule has 8 nitrogen and oxygen atoms in total. The van der Waals surface area contributed by atoms with Gasteiger partial charge in [-0.25, -0.2) is 0 Å². The van der Waals surface area contributed by atoms with Gasteiger partial charge in [0.2, 0.25) is 17.8 Å². The quantitative estimate of drug-likeness (QED) is 0.840. The number of ether oxygens (including phenoxy) is 1. The number of nitrogens with one attached hydrogen (secondary N) is 1. The minimum atomic E-state index is -0.492. The van der Waals surface area contributed by atoms with Crippen LogP contribution in [0.4, 0.5) is 11.9 Å². The van der Waals surface area contributed by atoms with Crippen LogP contribution in [0.2, 0.25) is 0 Å². The Kier molecular flexibility index (Phi) is 4.17. The fraction of sp³-hybridized carbons (Fsp3) is 0.231. The van der Waals surface area contributed by atoms with Crippen LogP contribution in [0.25, 0.3) is 0 Å². The Balaban J connectivity index is 2.25. The zero-order chi connectivity index (χ0) is 15.4. The number of carbonyl (C=O) groups excluding carboxylic acids is 1. The van der Waals surface area contributed by atoms with Gasteiger partial charge in [-0.2, -0.15) is 15.0 Å². The number of primary amides is 1. The highest BCUT2D eigenvalue weighted by atomic mass is 16.5. The van der Waals surface area contributed by atoms with Gasteiger partial charge in [-0.1, -0.05) is 0 Å². The number of rotatable bonds is 5.